The standard InChI is InChI=1S/C18H22O9/c1-6-7(24-2)8-9-10(12(14(8)19)17(22)26-4)13(18(23)27-5)15(20)11(9)16(21)25-3/h6,8-13H,1-5H3/t8?,9-,10-,11?,12?,13?/m1/s1. The highest BCUT2D eigenvalue weighted by molar-refractivity contribution is 6.15. The number of carbonyl (C=O) groups is 5. The Balaban J connectivity index is 2.71. The van der Waals surface area contributed by atoms with Crippen LogP contribution < -0.4 is 0 Å². The predicted molar refractivity (Wildman–Crippen MR) is 87.8 cm³/mol. The number of esters is 3. The fourth-order valence-corrected chi connectivity index (χ4v) is 4.37. The molecule has 0 heterocycles. The van der Waals surface area contributed by atoms with Gasteiger partial charge in [0.1, 0.15) is 23.5 Å². The maximum Gasteiger partial charge on any atom is 0.316 e. The smallest absolute Gasteiger partial charge is 0.316 e. The molecular formula is C18H22O9. The Morgan fingerprint density at radius 1 is 0.667 bits per heavy atom. The summed E-state index contributed by atoms with van der Waals surface area (Å²) in [6, 6.07) is 0. The molecule has 0 saturated heterocycles. The third kappa shape index (κ3) is 3.00. The van der Waals surface area contributed by atoms with Crippen LogP contribution in [0.5, 0.6) is 0 Å². The number of allylic oxidation sites excluding steroid dienone is 2. The molecule has 2 aliphatic carbocycles. The van der Waals surface area contributed by atoms with E-state index in [4.69, 9.17) is 18.9 Å². The summed E-state index contributed by atoms with van der Waals surface area (Å²) in [6.07, 6.45) is 1.52. The van der Waals surface area contributed by atoms with Crippen molar-refractivity contribution in [2.24, 2.45) is 35.5 Å². The van der Waals surface area contributed by atoms with Crippen molar-refractivity contribution in [3.8, 4) is 0 Å². The summed E-state index contributed by atoms with van der Waals surface area (Å²) < 4.78 is 19.4. The summed E-state index contributed by atoms with van der Waals surface area (Å²) in [5.74, 6) is -11.1. The first-order valence-corrected chi connectivity index (χ1v) is 8.31. The van der Waals surface area contributed by atoms with Gasteiger partial charge in [-0.3, -0.25) is 24.0 Å². The van der Waals surface area contributed by atoms with E-state index >= 15 is 0 Å². The maximum atomic E-state index is 13.1. The average Bonchev–Trinajstić information content (AvgIpc) is 3.11. The zero-order valence-electron chi connectivity index (χ0n) is 15.7. The molecule has 2 fully saturated rings. The van der Waals surface area contributed by atoms with Gasteiger partial charge in [0.25, 0.3) is 0 Å². The lowest BCUT2D eigenvalue weighted by molar-refractivity contribution is -0.155. The highest BCUT2D eigenvalue weighted by Gasteiger charge is 2.70. The number of ether oxygens (including phenoxy) is 4. The van der Waals surface area contributed by atoms with Crippen LogP contribution in [0.4, 0.5) is 0 Å². The lowest BCUT2D eigenvalue weighted by Gasteiger charge is -2.23. The quantitative estimate of drug-likeness (QED) is 0.278. The minimum absolute atomic E-state index is 0.202. The molecule has 148 valence electrons. The molecule has 2 saturated carbocycles. The normalized spacial score (nSPS) is 32.7. The van der Waals surface area contributed by atoms with Crippen LogP contribution in [0.25, 0.3) is 0 Å². The van der Waals surface area contributed by atoms with E-state index < -0.39 is 65.0 Å². The van der Waals surface area contributed by atoms with Gasteiger partial charge in [-0.15, -0.1) is 0 Å². The van der Waals surface area contributed by atoms with Gasteiger partial charge >= 0.3 is 17.9 Å². The van der Waals surface area contributed by atoms with Crippen LogP contribution >= 0.6 is 0 Å². The van der Waals surface area contributed by atoms with Crippen molar-refractivity contribution in [3.05, 3.63) is 11.8 Å². The molecule has 9 heteroatoms. The second-order valence-electron chi connectivity index (χ2n) is 6.33. The van der Waals surface area contributed by atoms with Crippen molar-refractivity contribution in [2.75, 3.05) is 28.4 Å². The van der Waals surface area contributed by atoms with E-state index in [0.29, 0.717) is 0 Å². The largest absolute Gasteiger partial charge is 0.501 e. The number of fused-ring (bicyclic) bond motifs is 1. The van der Waals surface area contributed by atoms with Gasteiger partial charge in [0, 0.05) is 11.8 Å². The SMILES string of the molecule is CC=C(OC)C1C(=O)C(C(=O)OC)[C@@H]2C(C(=O)OC)C(=O)C(C(=O)OC)[C@H]12. The Bertz CT molecular complexity index is 694. The summed E-state index contributed by atoms with van der Waals surface area (Å²) in [6.45, 7) is 1.62. The van der Waals surface area contributed by atoms with E-state index in [9.17, 15) is 24.0 Å². The number of carbonyl (C=O) groups excluding carboxylic acids is 5. The van der Waals surface area contributed by atoms with Gasteiger partial charge in [0.2, 0.25) is 0 Å². The molecule has 2 aliphatic rings. The summed E-state index contributed by atoms with van der Waals surface area (Å²) in [7, 11) is 4.63. The minimum atomic E-state index is -1.45. The molecule has 0 aliphatic heterocycles. The van der Waals surface area contributed by atoms with Crippen LogP contribution in [0, 0.1) is 35.5 Å². The molecule has 0 bridgehead atoms. The molecule has 9 nitrogen and oxygen atoms in total. The van der Waals surface area contributed by atoms with Crippen LogP contribution in [0.3, 0.4) is 0 Å². The lowest BCUT2D eigenvalue weighted by atomic mass is 9.81. The second-order valence-corrected chi connectivity index (χ2v) is 6.33. The van der Waals surface area contributed by atoms with Gasteiger partial charge < -0.3 is 18.9 Å². The van der Waals surface area contributed by atoms with Gasteiger partial charge in [-0.2, -0.15) is 0 Å². The zero-order chi connectivity index (χ0) is 20.5. The predicted octanol–water partition coefficient (Wildman–Crippen LogP) is -0.0818. The van der Waals surface area contributed by atoms with E-state index in [1.807, 2.05) is 0 Å². The van der Waals surface area contributed by atoms with Gasteiger partial charge in [-0.05, 0) is 13.0 Å². The number of Topliss-reactive ketones (excluding diaryl/α,β-unsaturated/α-hetero) is 2. The van der Waals surface area contributed by atoms with Crippen molar-refractivity contribution < 1.29 is 42.9 Å². The van der Waals surface area contributed by atoms with E-state index in [1.54, 1.807) is 6.92 Å². The zero-order valence-corrected chi connectivity index (χ0v) is 15.7. The summed E-state index contributed by atoms with van der Waals surface area (Å²) in [4.78, 5) is 62.9. The molecule has 0 aromatic heterocycles. The highest BCUT2D eigenvalue weighted by atomic mass is 16.5. The van der Waals surface area contributed by atoms with Gasteiger partial charge in [-0.1, -0.05) is 0 Å². The first kappa shape index (κ1) is 20.6. The number of hydrogen-bond acceptors (Lipinski definition) is 9. The molecule has 2 rings (SSSR count). The third-order valence-electron chi connectivity index (χ3n) is 5.40. The van der Waals surface area contributed by atoms with Gasteiger partial charge in [0.15, 0.2) is 11.6 Å². The number of ketones is 2. The van der Waals surface area contributed by atoms with Crippen molar-refractivity contribution in [1.29, 1.82) is 0 Å². The lowest BCUT2D eigenvalue weighted by Crippen LogP contribution is -2.38. The summed E-state index contributed by atoms with van der Waals surface area (Å²) >= 11 is 0. The van der Waals surface area contributed by atoms with Gasteiger partial charge in [-0.25, -0.2) is 0 Å². The molecule has 0 spiro atoms. The van der Waals surface area contributed by atoms with Gasteiger partial charge in [0.05, 0.1) is 34.4 Å². The van der Waals surface area contributed by atoms with Crippen molar-refractivity contribution in [3.63, 3.8) is 0 Å². The first-order chi connectivity index (χ1) is 12.8. The van der Waals surface area contributed by atoms with Crippen molar-refractivity contribution in [2.45, 2.75) is 6.92 Å². The Labute approximate surface area is 156 Å². The molecule has 0 aromatic carbocycles. The molecule has 6 atom stereocenters. The van der Waals surface area contributed by atoms with Crippen molar-refractivity contribution >= 4 is 29.5 Å². The summed E-state index contributed by atoms with van der Waals surface area (Å²) in [5, 5.41) is 0. The van der Waals surface area contributed by atoms with Crippen LogP contribution in [-0.4, -0.2) is 57.9 Å². The van der Waals surface area contributed by atoms with E-state index in [0.717, 1.165) is 21.3 Å². The number of rotatable bonds is 5. The molecule has 4 unspecified atom stereocenters. The van der Waals surface area contributed by atoms with Crippen molar-refractivity contribution in [1.82, 2.24) is 0 Å². The Morgan fingerprint density at radius 3 is 1.30 bits per heavy atom. The maximum absolute atomic E-state index is 13.1. The Hall–Kier alpha value is -2.71. The Kier molecular flexibility index (Phi) is 6.02. The molecule has 0 N–H and O–H groups in total. The minimum Gasteiger partial charge on any atom is -0.501 e. The fraction of sp³-hybridized carbons (Fsp3) is 0.611. The van der Waals surface area contributed by atoms with Crippen LogP contribution in [0.15, 0.2) is 11.8 Å². The van der Waals surface area contributed by atoms with Crippen LogP contribution in [0.2, 0.25) is 0 Å². The summed E-state index contributed by atoms with van der Waals surface area (Å²) in [5.41, 5.74) is 0. The molecule has 27 heavy (non-hydrogen) atoms. The van der Waals surface area contributed by atoms with Crippen LogP contribution in [0.1, 0.15) is 6.92 Å². The van der Waals surface area contributed by atoms with E-state index in [1.165, 1.54) is 13.2 Å². The molecule has 0 amide bonds. The molecule has 0 radical (unpaired) electrons. The molecule has 0 aromatic rings. The van der Waals surface area contributed by atoms with E-state index in [2.05, 4.69) is 0 Å². The second kappa shape index (κ2) is 7.89. The topological polar surface area (TPSA) is 122 Å². The Morgan fingerprint density at radius 2 is 1.00 bits per heavy atom. The first-order valence-electron chi connectivity index (χ1n) is 8.31. The monoisotopic (exact) mass is 382 g/mol. The number of methoxy groups -OCH3 is 4. The van der Waals surface area contributed by atoms with E-state index in [-0.39, 0.29) is 5.76 Å². The number of hydrogen-bond donors (Lipinski definition) is 0. The molecular weight excluding hydrogens is 360 g/mol. The average molecular weight is 382 g/mol. The highest BCUT2D eigenvalue weighted by Crippen LogP contribution is 2.56. The fourth-order valence-electron chi connectivity index (χ4n) is 4.37. The van der Waals surface area contributed by atoms with Crippen LogP contribution in [-0.2, 0) is 42.9 Å². The third-order valence-corrected chi connectivity index (χ3v) is 5.40.